The van der Waals surface area contributed by atoms with Crippen LogP contribution < -0.4 is 10.1 Å². The number of nitrogens with zero attached hydrogens (tertiary/aromatic N) is 4. The molecule has 0 fully saturated rings. The van der Waals surface area contributed by atoms with Crippen molar-refractivity contribution in [3.8, 4) is 17.2 Å². The summed E-state index contributed by atoms with van der Waals surface area (Å²) in [6, 6.07) is 15.8. The first-order chi connectivity index (χ1) is 17.3. The topological polar surface area (TPSA) is 86.0 Å². The van der Waals surface area contributed by atoms with Crippen LogP contribution in [0, 0.1) is 5.82 Å². The van der Waals surface area contributed by atoms with E-state index in [1.54, 1.807) is 48.5 Å². The van der Waals surface area contributed by atoms with Crippen LogP contribution in [0.5, 0.6) is 5.75 Å². The van der Waals surface area contributed by atoms with E-state index in [1.165, 1.54) is 18.5 Å². The number of benzene rings is 3. The van der Waals surface area contributed by atoms with Crippen LogP contribution in [0.2, 0.25) is 5.02 Å². The molecular formula is C24H14ClF4N5O2. The van der Waals surface area contributed by atoms with Crippen LogP contribution >= 0.6 is 11.6 Å². The van der Waals surface area contributed by atoms with Crippen LogP contribution in [-0.4, -0.2) is 20.2 Å². The van der Waals surface area contributed by atoms with Crippen molar-refractivity contribution < 1.29 is 26.7 Å². The quantitative estimate of drug-likeness (QED) is 0.248. The molecule has 0 saturated heterocycles. The van der Waals surface area contributed by atoms with Crippen molar-refractivity contribution in [2.24, 2.45) is 0 Å². The monoisotopic (exact) mass is 515 g/mol. The Morgan fingerprint density at radius 3 is 2.56 bits per heavy atom. The van der Waals surface area contributed by atoms with Gasteiger partial charge in [-0.2, -0.15) is 13.2 Å². The van der Waals surface area contributed by atoms with Gasteiger partial charge in [0.2, 0.25) is 5.89 Å². The highest BCUT2D eigenvalue weighted by molar-refractivity contribution is 6.32. The maximum Gasteiger partial charge on any atom is 0.470 e. The number of hydrogen-bond acceptors (Lipinski definition) is 7. The lowest BCUT2D eigenvalue weighted by molar-refractivity contribution is -0.156. The van der Waals surface area contributed by atoms with E-state index in [0.29, 0.717) is 33.7 Å². The fourth-order valence-electron chi connectivity index (χ4n) is 3.35. The number of ether oxygens (including phenoxy) is 1. The summed E-state index contributed by atoms with van der Waals surface area (Å²) in [7, 11) is 0. The molecule has 2 aromatic heterocycles. The molecule has 2 heterocycles. The zero-order chi connectivity index (χ0) is 25.3. The molecular weight excluding hydrogens is 502 g/mol. The Bertz CT molecular complexity index is 1560. The lowest BCUT2D eigenvalue weighted by Gasteiger charge is -2.12. The first kappa shape index (κ1) is 23.5. The molecule has 5 rings (SSSR count). The SMILES string of the molecule is Fc1ccccc1COc1ccc(Nc2ncnc3ccc(-c4nnc(C(F)(F)F)o4)cc23)cc1Cl. The minimum Gasteiger partial charge on any atom is -0.487 e. The Morgan fingerprint density at radius 1 is 0.972 bits per heavy atom. The van der Waals surface area contributed by atoms with Gasteiger partial charge in [0.25, 0.3) is 0 Å². The van der Waals surface area contributed by atoms with Gasteiger partial charge < -0.3 is 14.5 Å². The molecule has 12 heteroatoms. The number of alkyl halides is 3. The zero-order valence-corrected chi connectivity index (χ0v) is 18.8. The van der Waals surface area contributed by atoms with Crippen molar-refractivity contribution in [3.63, 3.8) is 0 Å². The van der Waals surface area contributed by atoms with E-state index in [1.807, 2.05) is 0 Å². The van der Waals surface area contributed by atoms with E-state index in [9.17, 15) is 17.6 Å². The van der Waals surface area contributed by atoms with Crippen LogP contribution in [0.1, 0.15) is 11.5 Å². The third-order valence-electron chi connectivity index (χ3n) is 5.09. The number of aromatic nitrogens is 4. The van der Waals surface area contributed by atoms with Crippen molar-refractivity contribution in [2.45, 2.75) is 12.8 Å². The summed E-state index contributed by atoms with van der Waals surface area (Å²) < 4.78 is 62.7. The van der Waals surface area contributed by atoms with Crippen molar-refractivity contribution in [2.75, 3.05) is 5.32 Å². The Morgan fingerprint density at radius 2 is 1.81 bits per heavy atom. The fraction of sp³-hybridized carbons (Fsp3) is 0.0833. The van der Waals surface area contributed by atoms with Gasteiger partial charge in [0.1, 0.15) is 30.3 Å². The Kier molecular flexibility index (Phi) is 6.15. The molecule has 0 atom stereocenters. The zero-order valence-electron chi connectivity index (χ0n) is 18.1. The lowest BCUT2D eigenvalue weighted by atomic mass is 10.1. The molecule has 7 nitrogen and oxygen atoms in total. The second-order valence-corrected chi connectivity index (χ2v) is 7.92. The summed E-state index contributed by atoms with van der Waals surface area (Å²) in [5.74, 6) is -1.38. The molecule has 0 saturated carbocycles. The summed E-state index contributed by atoms with van der Waals surface area (Å²) >= 11 is 6.35. The van der Waals surface area contributed by atoms with E-state index in [0.717, 1.165) is 0 Å². The molecule has 0 spiro atoms. The molecule has 1 N–H and O–H groups in total. The first-order valence-electron chi connectivity index (χ1n) is 10.4. The predicted octanol–water partition coefficient (Wildman–Crippen LogP) is 6.81. The average molecular weight is 516 g/mol. The highest BCUT2D eigenvalue weighted by Crippen LogP contribution is 2.34. The van der Waals surface area contributed by atoms with Gasteiger partial charge in [-0.3, -0.25) is 0 Å². The Balaban J connectivity index is 1.39. The standard InChI is InChI=1S/C24H14ClF4N5O2/c25-17-10-15(6-8-20(17)35-11-14-3-1-2-4-18(14)26)32-21-16-9-13(5-7-19(16)30-12-31-21)22-33-34-23(36-22)24(27,28)29/h1-10,12H,11H2,(H,30,31,32). The third-order valence-corrected chi connectivity index (χ3v) is 5.38. The molecule has 0 aliphatic heterocycles. The van der Waals surface area contributed by atoms with E-state index >= 15 is 0 Å². The highest BCUT2D eigenvalue weighted by Gasteiger charge is 2.38. The normalized spacial score (nSPS) is 11.6. The molecule has 36 heavy (non-hydrogen) atoms. The molecule has 0 radical (unpaired) electrons. The van der Waals surface area contributed by atoms with Crippen LogP contribution in [0.4, 0.5) is 29.1 Å². The van der Waals surface area contributed by atoms with Crippen molar-refractivity contribution >= 4 is 34.0 Å². The van der Waals surface area contributed by atoms with Gasteiger partial charge in [0, 0.05) is 22.2 Å². The molecule has 0 bridgehead atoms. The summed E-state index contributed by atoms with van der Waals surface area (Å²) in [6.45, 7) is 0.00418. The van der Waals surface area contributed by atoms with Gasteiger partial charge in [-0.15, -0.1) is 10.2 Å². The van der Waals surface area contributed by atoms with Crippen molar-refractivity contribution in [3.05, 3.63) is 89.3 Å². The lowest BCUT2D eigenvalue weighted by Crippen LogP contribution is -2.04. The molecule has 182 valence electrons. The second-order valence-electron chi connectivity index (χ2n) is 7.51. The molecule has 0 aliphatic rings. The molecule has 0 unspecified atom stereocenters. The first-order valence-corrected chi connectivity index (χ1v) is 10.7. The second kappa shape index (κ2) is 9.42. The maximum absolute atomic E-state index is 13.8. The summed E-state index contributed by atoms with van der Waals surface area (Å²) in [5.41, 5.74) is 1.74. The van der Waals surface area contributed by atoms with Crippen LogP contribution in [0.25, 0.3) is 22.4 Å². The minimum absolute atomic E-state index is 0.00418. The average Bonchev–Trinajstić information content (AvgIpc) is 3.36. The maximum atomic E-state index is 13.8. The molecule has 0 amide bonds. The Labute approximate surface area is 205 Å². The largest absolute Gasteiger partial charge is 0.487 e. The summed E-state index contributed by atoms with van der Waals surface area (Å²) in [5, 5.41) is 10.4. The fourth-order valence-corrected chi connectivity index (χ4v) is 3.58. The van der Waals surface area contributed by atoms with Crippen LogP contribution in [0.3, 0.4) is 0 Å². The number of hydrogen-bond donors (Lipinski definition) is 1. The van der Waals surface area contributed by atoms with E-state index in [2.05, 4.69) is 25.5 Å². The van der Waals surface area contributed by atoms with Gasteiger partial charge in [-0.05, 0) is 42.5 Å². The number of fused-ring (bicyclic) bond motifs is 1. The van der Waals surface area contributed by atoms with Gasteiger partial charge in [0.15, 0.2) is 0 Å². The van der Waals surface area contributed by atoms with Gasteiger partial charge in [-0.1, -0.05) is 29.8 Å². The van der Waals surface area contributed by atoms with E-state index in [-0.39, 0.29) is 28.9 Å². The smallest absolute Gasteiger partial charge is 0.470 e. The predicted molar refractivity (Wildman–Crippen MR) is 123 cm³/mol. The molecule has 0 aliphatic carbocycles. The minimum atomic E-state index is -4.75. The van der Waals surface area contributed by atoms with E-state index in [4.69, 9.17) is 20.8 Å². The Hall–Kier alpha value is -4.25. The van der Waals surface area contributed by atoms with Gasteiger partial charge in [0.05, 0.1) is 10.5 Å². The van der Waals surface area contributed by atoms with Gasteiger partial charge in [-0.25, -0.2) is 14.4 Å². The summed E-state index contributed by atoms with van der Waals surface area (Å²) in [6.07, 6.45) is -3.41. The highest BCUT2D eigenvalue weighted by atomic mass is 35.5. The molecule has 3 aromatic carbocycles. The summed E-state index contributed by atoms with van der Waals surface area (Å²) in [4.78, 5) is 8.41. The van der Waals surface area contributed by atoms with Gasteiger partial charge >= 0.3 is 12.1 Å². The third kappa shape index (κ3) is 4.91. The van der Waals surface area contributed by atoms with Crippen LogP contribution in [-0.2, 0) is 12.8 Å². The number of rotatable bonds is 6. The van der Waals surface area contributed by atoms with Crippen LogP contribution in [0.15, 0.2) is 71.4 Å². The molecule has 5 aromatic rings. The number of nitrogens with one attached hydrogen (secondary N) is 1. The van der Waals surface area contributed by atoms with E-state index < -0.39 is 12.1 Å². The number of anilines is 2. The van der Waals surface area contributed by atoms with Crippen molar-refractivity contribution in [1.29, 1.82) is 0 Å². The number of halogens is 5. The van der Waals surface area contributed by atoms with Crippen molar-refractivity contribution in [1.82, 2.24) is 20.2 Å².